The van der Waals surface area contributed by atoms with Crippen molar-refractivity contribution in [1.82, 2.24) is 4.98 Å². The third-order valence-corrected chi connectivity index (χ3v) is 5.22. The third kappa shape index (κ3) is 4.61. The number of nitrogens with two attached hydrogens (primary N) is 1. The number of nitrogens with one attached hydrogen (secondary N) is 1. The largest absolute Gasteiger partial charge is 0.491 e. The van der Waals surface area contributed by atoms with Gasteiger partial charge in [0.25, 0.3) is 0 Å². The predicted molar refractivity (Wildman–Crippen MR) is 113 cm³/mol. The van der Waals surface area contributed by atoms with Gasteiger partial charge in [0.15, 0.2) is 0 Å². The Morgan fingerprint density at radius 1 is 1.25 bits per heavy atom. The molecule has 10 heteroatoms. The number of hydrogen-bond donors (Lipinski definition) is 3. The molecule has 1 aliphatic rings. The summed E-state index contributed by atoms with van der Waals surface area (Å²) >= 11 is 0. The van der Waals surface area contributed by atoms with Crippen molar-refractivity contribution in [1.29, 1.82) is 5.41 Å². The van der Waals surface area contributed by atoms with E-state index in [1.807, 2.05) is 6.07 Å². The zero-order valence-corrected chi connectivity index (χ0v) is 16.8. The highest BCUT2D eigenvalue weighted by Gasteiger charge is 2.36. The summed E-state index contributed by atoms with van der Waals surface area (Å²) in [4.78, 5) is 4.03. The van der Waals surface area contributed by atoms with E-state index in [2.05, 4.69) is 4.98 Å². The maximum atomic E-state index is 13.0. The lowest BCUT2D eigenvalue weighted by Gasteiger charge is -2.29. The highest BCUT2D eigenvalue weighted by molar-refractivity contribution is 6.61. The molecule has 2 heterocycles. The van der Waals surface area contributed by atoms with E-state index in [-0.39, 0.29) is 24.3 Å². The van der Waals surface area contributed by atoms with Crippen molar-refractivity contribution >= 4 is 18.4 Å². The van der Waals surface area contributed by atoms with Gasteiger partial charge in [0.2, 0.25) is 0 Å². The Morgan fingerprint density at radius 3 is 2.75 bits per heavy atom. The lowest BCUT2D eigenvalue weighted by atomic mass is 9.71. The average Bonchev–Trinajstić information content (AvgIpc) is 2.77. The molecule has 0 amide bonds. The molecule has 1 aliphatic heterocycles. The van der Waals surface area contributed by atoms with Crippen LogP contribution >= 0.6 is 0 Å². The second kappa shape index (κ2) is 8.64. The number of halogens is 3. The summed E-state index contributed by atoms with van der Waals surface area (Å²) in [5.41, 5.74) is 7.36. The first-order valence-corrected chi connectivity index (χ1v) is 9.76. The number of alkyl halides is 3. The molecule has 2 aromatic carbocycles. The summed E-state index contributed by atoms with van der Waals surface area (Å²) in [5, 5.41) is 18.2. The molecule has 4 rings (SSSR count). The topological polar surface area (TPSA) is 101 Å². The first kappa shape index (κ1) is 21.9. The van der Waals surface area contributed by atoms with Crippen molar-refractivity contribution < 1.29 is 27.6 Å². The first-order valence-electron chi connectivity index (χ1n) is 9.76. The lowest BCUT2D eigenvalue weighted by molar-refractivity contribution is -0.137. The van der Waals surface area contributed by atoms with Crippen LogP contribution < -0.4 is 15.9 Å². The van der Waals surface area contributed by atoms with Crippen LogP contribution in [0.25, 0.3) is 0 Å². The fraction of sp³-hybridized carbons (Fsp3) is 0.182. The molecule has 0 saturated carbocycles. The molecule has 0 spiro atoms. The van der Waals surface area contributed by atoms with E-state index in [1.165, 1.54) is 6.07 Å². The van der Waals surface area contributed by atoms with Gasteiger partial charge in [-0.1, -0.05) is 18.2 Å². The smallest absolute Gasteiger partial charge is 0.488 e. The minimum absolute atomic E-state index is 0.101. The average molecular weight is 441 g/mol. The van der Waals surface area contributed by atoms with E-state index >= 15 is 0 Å². The van der Waals surface area contributed by atoms with Crippen LogP contribution in [0.15, 0.2) is 60.9 Å². The number of rotatable bonds is 5. The molecule has 3 aromatic rings. The normalized spacial score (nSPS) is 15.9. The number of benzene rings is 2. The Bertz CT molecular complexity index is 1140. The van der Waals surface area contributed by atoms with Crippen molar-refractivity contribution in [2.45, 2.75) is 25.3 Å². The van der Waals surface area contributed by atoms with Crippen LogP contribution in [0.1, 0.15) is 33.9 Å². The van der Waals surface area contributed by atoms with Gasteiger partial charge < -0.3 is 20.1 Å². The molecule has 0 fully saturated rings. The summed E-state index contributed by atoms with van der Waals surface area (Å²) in [6, 6.07) is 11.9. The predicted octanol–water partition coefficient (Wildman–Crippen LogP) is 2.96. The SMILES string of the molecule is N=C(N)c1ccc([C@@H]2Cc3ccc(C(F)(F)F)cc3B(O)O2)cc1OCc1cccnc1. The van der Waals surface area contributed by atoms with Gasteiger partial charge in [-0.25, -0.2) is 0 Å². The van der Waals surface area contributed by atoms with Crippen LogP contribution in [-0.2, 0) is 23.9 Å². The minimum Gasteiger partial charge on any atom is -0.488 e. The van der Waals surface area contributed by atoms with Gasteiger partial charge in [-0.15, -0.1) is 0 Å². The second-order valence-corrected chi connectivity index (χ2v) is 7.41. The van der Waals surface area contributed by atoms with E-state index in [1.54, 1.807) is 36.7 Å². The van der Waals surface area contributed by atoms with Gasteiger partial charge >= 0.3 is 13.3 Å². The molecule has 6 nitrogen and oxygen atoms in total. The van der Waals surface area contributed by atoms with Gasteiger partial charge in [-0.2, -0.15) is 13.2 Å². The molecular formula is C22H19BF3N3O3. The summed E-state index contributed by atoms with van der Waals surface area (Å²) < 4.78 is 50.5. The quantitative estimate of drug-likeness (QED) is 0.321. The fourth-order valence-corrected chi connectivity index (χ4v) is 3.59. The zero-order chi connectivity index (χ0) is 22.9. The first-order chi connectivity index (χ1) is 15.2. The fourth-order valence-electron chi connectivity index (χ4n) is 3.59. The number of ether oxygens (including phenoxy) is 1. The molecular weight excluding hydrogens is 422 g/mol. The molecule has 1 aromatic heterocycles. The molecule has 0 radical (unpaired) electrons. The molecule has 0 aliphatic carbocycles. The number of nitrogens with zero attached hydrogens (tertiary/aromatic N) is 1. The molecule has 0 saturated heterocycles. The summed E-state index contributed by atoms with van der Waals surface area (Å²) in [5.74, 6) is 0.183. The summed E-state index contributed by atoms with van der Waals surface area (Å²) in [7, 11) is -1.50. The Morgan fingerprint density at radius 2 is 2.06 bits per heavy atom. The Kier molecular flexibility index (Phi) is 5.90. The van der Waals surface area contributed by atoms with E-state index in [0.29, 0.717) is 22.4 Å². The van der Waals surface area contributed by atoms with Gasteiger partial charge in [0.1, 0.15) is 18.2 Å². The molecule has 164 valence electrons. The van der Waals surface area contributed by atoms with Gasteiger partial charge in [0, 0.05) is 24.4 Å². The van der Waals surface area contributed by atoms with Gasteiger partial charge in [0.05, 0.1) is 17.2 Å². The van der Waals surface area contributed by atoms with Crippen molar-refractivity contribution in [3.05, 3.63) is 88.7 Å². The van der Waals surface area contributed by atoms with Crippen molar-refractivity contribution in [2.75, 3.05) is 0 Å². The number of fused-ring (bicyclic) bond motifs is 1. The van der Waals surface area contributed by atoms with Crippen LogP contribution in [0.2, 0.25) is 0 Å². The number of amidine groups is 1. The number of pyridine rings is 1. The maximum absolute atomic E-state index is 13.0. The van der Waals surface area contributed by atoms with Crippen LogP contribution in [0.3, 0.4) is 0 Å². The molecule has 0 bridgehead atoms. The van der Waals surface area contributed by atoms with E-state index < -0.39 is 25.0 Å². The van der Waals surface area contributed by atoms with Gasteiger partial charge in [-0.05, 0) is 46.9 Å². The van der Waals surface area contributed by atoms with Crippen molar-refractivity contribution in [2.24, 2.45) is 5.73 Å². The maximum Gasteiger partial charge on any atom is 0.491 e. The van der Waals surface area contributed by atoms with Gasteiger partial charge in [-0.3, -0.25) is 10.4 Å². The summed E-state index contributed by atoms with van der Waals surface area (Å²) in [6.07, 6.45) is -1.55. The molecule has 4 N–H and O–H groups in total. The Balaban J connectivity index is 1.60. The van der Waals surface area contributed by atoms with Crippen molar-refractivity contribution in [3.8, 4) is 5.75 Å². The second-order valence-electron chi connectivity index (χ2n) is 7.41. The van der Waals surface area contributed by atoms with Crippen molar-refractivity contribution in [3.63, 3.8) is 0 Å². The number of hydrogen-bond acceptors (Lipinski definition) is 5. The number of aromatic nitrogens is 1. The van der Waals surface area contributed by atoms with Crippen LogP contribution in [0.5, 0.6) is 5.75 Å². The Hall–Kier alpha value is -3.37. The number of nitrogen functional groups attached to an aromatic ring is 1. The third-order valence-electron chi connectivity index (χ3n) is 5.22. The van der Waals surface area contributed by atoms with E-state index in [4.69, 9.17) is 20.5 Å². The zero-order valence-electron chi connectivity index (χ0n) is 16.8. The van der Waals surface area contributed by atoms with E-state index in [0.717, 1.165) is 17.7 Å². The minimum atomic E-state index is -4.51. The molecule has 0 unspecified atom stereocenters. The highest BCUT2D eigenvalue weighted by Crippen LogP contribution is 2.33. The standard InChI is InChI=1S/C22H19BF3N3O3/c24-22(25,26)16-5-3-14-8-19(32-23(30)18(14)10-16)15-4-6-17(21(27)28)20(9-15)31-12-13-2-1-7-29-11-13/h1-7,9-11,19,30H,8,12H2,(H3,27,28)/t19-/m0/s1. The highest BCUT2D eigenvalue weighted by atomic mass is 19.4. The van der Waals surface area contributed by atoms with Crippen LogP contribution in [-0.4, -0.2) is 23.0 Å². The van der Waals surface area contributed by atoms with Crippen LogP contribution in [0, 0.1) is 5.41 Å². The lowest BCUT2D eigenvalue weighted by Crippen LogP contribution is -2.43. The molecule has 1 atom stereocenters. The molecule has 32 heavy (non-hydrogen) atoms. The van der Waals surface area contributed by atoms with Crippen LogP contribution in [0.4, 0.5) is 13.2 Å². The van der Waals surface area contributed by atoms with E-state index in [9.17, 15) is 18.2 Å². The monoisotopic (exact) mass is 441 g/mol. The Labute approximate surface area is 182 Å². The summed E-state index contributed by atoms with van der Waals surface area (Å²) in [6.45, 7) is 0.203.